The molecule has 1 nitrogen and oxygen atoms in total. The smallest absolute Gasteiger partial charge is 0.0218 e. The highest BCUT2D eigenvalue weighted by Gasteiger charge is 2.33. The SMILES string of the molecule is CCCCCCCCCCCCC(c1cccc2ccccc12)C(N)(CC)CC. The molecular weight excluding hydrogens is 350 g/mol. The maximum Gasteiger partial charge on any atom is 0.0218 e. The second-order valence-corrected chi connectivity index (χ2v) is 9.03. The average molecular weight is 396 g/mol. The van der Waals surface area contributed by atoms with Crippen LogP contribution in [-0.2, 0) is 0 Å². The van der Waals surface area contributed by atoms with Crippen molar-refractivity contribution in [3.63, 3.8) is 0 Å². The first kappa shape index (κ1) is 23.9. The number of fused-ring (bicyclic) bond motifs is 1. The molecule has 2 rings (SSSR count). The lowest BCUT2D eigenvalue weighted by atomic mass is 9.72. The van der Waals surface area contributed by atoms with Gasteiger partial charge in [0.1, 0.15) is 0 Å². The lowest BCUT2D eigenvalue weighted by Gasteiger charge is -2.37. The molecule has 2 aromatic carbocycles. The zero-order valence-electron chi connectivity index (χ0n) is 19.4. The average Bonchev–Trinajstić information content (AvgIpc) is 2.77. The molecule has 0 bridgehead atoms. The highest BCUT2D eigenvalue weighted by atomic mass is 14.8. The molecule has 0 aliphatic heterocycles. The lowest BCUT2D eigenvalue weighted by Crippen LogP contribution is -2.44. The highest BCUT2D eigenvalue weighted by Crippen LogP contribution is 2.39. The van der Waals surface area contributed by atoms with Gasteiger partial charge in [-0.2, -0.15) is 0 Å². The van der Waals surface area contributed by atoms with Crippen LogP contribution in [0, 0.1) is 0 Å². The summed E-state index contributed by atoms with van der Waals surface area (Å²) in [6, 6.07) is 15.6. The van der Waals surface area contributed by atoms with E-state index in [9.17, 15) is 0 Å². The summed E-state index contributed by atoms with van der Waals surface area (Å²) in [6.07, 6.45) is 17.2. The van der Waals surface area contributed by atoms with Crippen LogP contribution in [0.5, 0.6) is 0 Å². The van der Waals surface area contributed by atoms with Gasteiger partial charge in [-0.05, 0) is 35.6 Å². The Hall–Kier alpha value is -1.34. The largest absolute Gasteiger partial charge is 0.325 e. The van der Waals surface area contributed by atoms with Crippen molar-refractivity contribution in [1.29, 1.82) is 0 Å². The molecule has 0 fully saturated rings. The summed E-state index contributed by atoms with van der Waals surface area (Å²) in [6.45, 7) is 6.82. The molecule has 29 heavy (non-hydrogen) atoms. The van der Waals surface area contributed by atoms with E-state index in [0.29, 0.717) is 5.92 Å². The number of rotatable bonds is 15. The van der Waals surface area contributed by atoms with Crippen LogP contribution in [0.3, 0.4) is 0 Å². The molecule has 0 aromatic heterocycles. The molecular formula is C28H45N. The van der Waals surface area contributed by atoms with Gasteiger partial charge in [-0.25, -0.2) is 0 Å². The Morgan fingerprint density at radius 1 is 0.690 bits per heavy atom. The molecule has 0 aliphatic rings. The maximum absolute atomic E-state index is 6.98. The van der Waals surface area contributed by atoms with Crippen molar-refractivity contribution in [2.45, 2.75) is 116 Å². The minimum absolute atomic E-state index is 0.108. The zero-order chi connectivity index (χ0) is 21.0. The van der Waals surface area contributed by atoms with Crippen molar-refractivity contribution in [2.75, 3.05) is 0 Å². The van der Waals surface area contributed by atoms with E-state index in [1.165, 1.54) is 87.0 Å². The Labute approximate surface area is 180 Å². The minimum atomic E-state index is -0.108. The Balaban J connectivity index is 1.93. The number of nitrogens with two attached hydrogens (primary N) is 1. The number of hydrogen-bond acceptors (Lipinski definition) is 1. The number of hydrogen-bond donors (Lipinski definition) is 1. The Morgan fingerprint density at radius 3 is 1.86 bits per heavy atom. The number of benzene rings is 2. The number of unbranched alkanes of at least 4 members (excludes halogenated alkanes) is 9. The standard InChI is InChI=1S/C28H45N/c1-4-7-8-9-10-11-12-13-14-15-23-27(28(29,5-2)6-3)26-22-18-20-24-19-16-17-21-25(24)26/h16-22,27H,4-15,23,29H2,1-3H3. The van der Waals surface area contributed by atoms with Crippen LogP contribution >= 0.6 is 0 Å². The van der Waals surface area contributed by atoms with Crippen molar-refractivity contribution in [3.05, 3.63) is 48.0 Å². The summed E-state index contributed by atoms with van der Waals surface area (Å²) in [4.78, 5) is 0. The fraction of sp³-hybridized carbons (Fsp3) is 0.643. The first-order valence-electron chi connectivity index (χ1n) is 12.4. The molecule has 0 spiro atoms. The third kappa shape index (κ3) is 7.14. The van der Waals surface area contributed by atoms with E-state index in [-0.39, 0.29) is 5.54 Å². The van der Waals surface area contributed by atoms with Gasteiger partial charge in [0.15, 0.2) is 0 Å². The van der Waals surface area contributed by atoms with Gasteiger partial charge in [0.2, 0.25) is 0 Å². The predicted molar refractivity (Wildman–Crippen MR) is 131 cm³/mol. The van der Waals surface area contributed by atoms with Gasteiger partial charge >= 0.3 is 0 Å². The molecule has 0 amide bonds. The third-order valence-electron chi connectivity index (χ3n) is 7.06. The first-order valence-corrected chi connectivity index (χ1v) is 12.4. The summed E-state index contributed by atoms with van der Waals surface area (Å²) >= 11 is 0. The minimum Gasteiger partial charge on any atom is -0.325 e. The molecule has 0 radical (unpaired) electrons. The predicted octanol–water partition coefficient (Wildman–Crippen LogP) is 8.75. The Morgan fingerprint density at radius 2 is 1.24 bits per heavy atom. The van der Waals surface area contributed by atoms with Crippen LogP contribution in [0.15, 0.2) is 42.5 Å². The van der Waals surface area contributed by atoms with Gasteiger partial charge < -0.3 is 5.73 Å². The molecule has 2 N–H and O–H groups in total. The molecule has 0 saturated heterocycles. The first-order chi connectivity index (χ1) is 14.2. The van der Waals surface area contributed by atoms with E-state index < -0.39 is 0 Å². The van der Waals surface area contributed by atoms with E-state index in [0.717, 1.165) is 12.8 Å². The summed E-state index contributed by atoms with van der Waals surface area (Å²) in [7, 11) is 0. The Kier molecular flexibility index (Phi) is 10.8. The normalized spacial score (nSPS) is 13.1. The van der Waals surface area contributed by atoms with E-state index >= 15 is 0 Å². The topological polar surface area (TPSA) is 26.0 Å². The van der Waals surface area contributed by atoms with Crippen LogP contribution in [0.4, 0.5) is 0 Å². The van der Waals surface area contributed by atoms with Crippen LogP contribution in [0.2, 0.25) is 0 Å². The van der Waals surface area contributed by atoms with Crippen molar-refractivity contribution >= 4 is 10.8 Å². The molecule has 1 heteroatoms. The highest BCUT2D eigenvalue weighted by molar-refractivity contribution is 5.86. The van der Waals surface area contributed by atoms with E-state index in [1.807, 2.05) is 0 Å². The molecule has 162 valence electrons. The van der Waals surface area contributed by atoms with E-state index in [1.54, 1.807) is 0 Å². The van der Waals surface area contributed by atoms with Gasteiger partial charge in [-0.1, -0.05) is 127 Å². The molecule has 2 aromatic rings. The fourth-order valence-electron chi connectivity index (χ4n) is 4.89. The second kappa shape index (κ2) is 13.1. The molecule has 1 unspecified atom stereocenters. The van der Waals surface area contributed by atoms with Crippen LogP contribution in [0.1, 0.15) is 116 Å². The summed E-state index contributed by atoms with van der Waals surface area (Å²) < 4.78 is 0. The molecule has 0 heterocycles. The van der Waals surface area contributed by atoms with E-state index in [2.05, 4.69) is 63.2 Å². The van der Waals surface area contributed by atoms with Crippen LogP contribution < -0.4 is 5.73 Å². The van der Waals surface area contributed by atoms with Crippen molar-refractivity contribution in [2.24, 2.45) is 5.73 Å². The van der Waals surface area contributed by atoms with Gasteiger partial charge in [-0.15, -0.1) is 0 Å². The van der Waals surface area contributed by atoms with Gasteiger partial charge in [0.05, 0.1) is 0 Å². The Bertz CT molecular complexity index is 680. The van der Waals surface area contributed by atoms with Gasteiger partial charge in [0, 0.05) is 11.5 Å². The van der Waals surface area contributed by atoms with Crippen molar-refractivity contribution < 1.29 is 0 Å². The third-order valence-corrected chi connectivity index (χ3v) is 7.06. The quantitative estimate of drug-likeness (QED) is 0.300. The fourth-order valence-corrected chi connectivity index (χ4v) is 4.89. The lowest BCUT2D eigenvalue weighted by molar-refractivity contribution is 0.301. The second-order valence-electron chi connectivity index (χ2n) is 9.03. The molecule has 0 aliphatic carbocycles. The summed E-state index contributed by atoms with van der Waals surface area (Å²) in [5, 5.41) is 2.73. The van der Waals surface area contributed by atoms with E-state index in [4.69, 9.17) is 5.73 Å². The summed E-state index contributed by atoms with van der Waals surface area (Å²) in [5.74, 6) is 0.442. The molecule has 0 saturated carbocycles. The van der Waals surface area contributed by atoms with Crippen molar-refractivity contribution in [1.82, 2.24) is 0 Å². The monoisotopic (exact) mass is 395 g/mol. The summed E-state index contributed by atoms with van der Waals surface area (Å²) in [5.41, 5.74) is 8.34. The van der Waals surface area contributed by atoms with Crippen molar-refractivity contribution in [3.8, 4) is 0 Å². The van der Waals surface area contributed by atoms with Gasteiger partial charge in [-0.3, -0.25) is 0 Å². The maximum atomic E-state index is 6.98. The molecule has 1 atom stereocenters. The van der Waals surface area contributed by atoms with Crippen LogP contribution in [0.25, 0.3) is 10.8 Å². The zero-order valence-corrected chi connectivity index (χ0v) is 19.4. The van der Waals surface area contributed by atoms with Crippen LogP contribution in [-0.4, -0.2) is 5.54 Å². The van der Waals surface area contributed by atoms with Gasteiger partial charge in [0.25, 0.3) is 0 Å².